The maximum absolute atomic E-state index is 12.5. The smallest absolute Gasteiger partial charge is 0.218 e. The number of hydrogen-bond donors (Lipinski definition) is 1. The van der Waals surface area contributed by atoms with Crippen LogP contribution in [0.3, 0.4) is 0 Å². The van der Waals surface area contributed by atoms with Gasteiger partial charge in [0.05, 0.1) is 18.5 Å². The highest BCUT2D eigenvalue weighted by Gasteiger charge is 2.36. The van der Waals surface area contributed by atoms with Crippen molar-refractivity contribution in [2.24, 2.45) is 0 Å². The summed E-state index contributed by atoms with van der Waals surface area (Å²) in [6.45, 7) is 4.32. The van der Waals surface area contributed by atoms with Gasteiger partial charge in [0, 0.05) is 33.4 Å². The molecule has 18 heavy (non-hydrogen) atoms. The highest BCUT2D eigenvalue weighted by atomic mass is 32.2. The van der Waals surface area contributed by atoms with E-state index in [1.165, 1.54) is 4.31 Å². The number of methoxy groups -OCH3 is 2. The molecule has 0 aromatic carbocycles. The third-order valence-electron chi connectivity index (χ3n) is 3.18. The molecule has 108 valence electrons. The van der Waals surface area contributed by atoms with E-state index in [2.05, 4.69) is 5.32 Å². The Hall–Kier alpha value is -0.210. The van der Waals surface area contributed by atoms with Crippen LogP contribution in [0.2, 0.25) is 0 Å². The first kappa shape index (κ1) is 15.8. The minimum Gasteiger partial charge on any atom is -0.383 e. The molecule has 1 aliphatic rings. The zero-order valence-corrected chi connectivity index (χ0v) is 12.2. The fourth-order valence-corrected chi connectivity index (χ4v) is 4.20. The monoisotopic (exact) mass is 280 g/mol. The lowest BCUT2D eigenvalue weighted by Gasteiger charge is -2.30. The Morgan fingerprint density at radius 3 is 2.61 bits per heavy atom. The summed E-state index contributed by atoms with van der Waals surface area (Å²) >= 11 is 0. The molecule has 2 atom stereocenters. The predicted molar refractivity (Wildman–Crippen MR) is 70.1 cm³/mol. The Balaban J connectivity index is 2.79. The predicted octanol–water partition coefficient (Wildman–Crippen LogP) is -0.339. The average molecular weight is 280 g/mol. The van der Waals surface area contributed by atoms with Gasteiger partial charge in [-0.25, -0.2) is 8.42 Å². The fourth-order valence-electron chi connectivity index (χ4n) is 2.18. The molecule has 0 spiro atoms. The fraction of sp³-hybridized carbons (Fsp3) is 1.00. The zero-order chi connectivity index (χ0) is 13.6. The summed E-state index contributed by atoms with van der Waals surface area (Å²) in [4.78, 5) is 0. The van der Waals surface area contributed by atoms with E-state index in [9.17, 15) is 8.42 Å². The van der Waals surface area contributed by atoms with Gasteiger partial charge in [-0.05, 0) is 19.9 Å². The summed E-state index contributed by atoms with van der Waals surface area (Å²) in [7, 11) is -0.133. The second-order valence-electron chi connectivity index (χ2n) is 4.57. The van der Waals surface area contributed by atoms with E-state index >= 15 is 0 Å². The van der Waals surface area contributed by atoms with E-state index in [-0.39, 0.29) is 11.3 Å². The first-order valence-electron chi connectivity index (χ1n) is 6.23. The molecule has 0 aromatic rings. The van der Waals surface area contributed by atoms with Gasteiger partial charge in [-0.15, -0.1) is 0 Å². The topological polar surface area (TPSA) is 67.9 Å². The van der Waals surface area contributed by atoms with Crippen LogP contribution in [-0.4, -0.2) is 71.1 Å². The summed E-state index contributed by atoms with van der Waals surface area (Å²) in [5.41, 5.74) is 0. The van der Waals surface area contributed by atoms with Crippen molar-refractivity contribution in [3.8, 4) is 0 Å². The number of sulfonamides is 1. The minimum absolute atomic E-state index is 0.171. The maximum Gasteiger partial charge on any atom is 0.218 e. The van der Waals surface area contributed by atoms with Gasteiger partial charge in [-0.1, -0.05) is 0 Å². The van der Waals surface area contributed by atoms with Gasteiger partial charge in [0.15, 0.2) is 0 Å². The Morgan fingerprint density at radius 2 is 2.11 bits per heavy atom. The molecule has 1 N–H and O–H groups in total. The van der Waals surface area contributed by atoms with Crippen LogP contribution in [0, 0.1) is 0 Å². The number of hydrogen-bond acceptors (Lipinski definition) is 5. The molecule has 0 saturated carbocycles. The zero-order valence-electron chi connectivity index (χ0n) is 11.4. The molecule has 1 saturated heterocycles. The molecule has 2 unspecified atom stereocenters. The van der Waals surface area contributed by atoms with Crippen LogP contribution in [0.5, 0.6) is 0 Å². The number of nitrogens with one attached hydrogen (secondary N) is 1. The molecule has 0 bridgehead atoms. The molecule has 0 aromatic heterocycles. The first-order chi connectivity index (χ1) is 8.54. The second kappa shape index (κ2) is 7.40. The molecule has 1 heterocycles. The van der Waals surface area contributed by atoms with Crippen LogP contribution in [0.25, 0.3) is 0 Å². The lowest BCUT2D eigenvalue weighted by molar-refractivity contribution is 0.118. The van der Waals surface area contributed by atoms with Crippen molar-refractivity contribution < 1.29 is 17.9 Å². The van der Waals surface area contributed by atoms with Crippen molar-refractivity contribution in [2.45, 2.75) is 24.6 Å². The second-order valence-corrected chi connectivity index (χ2v) is 6.73. The van der Waals surface area contributed by atoms with Crippen LogP contribution >= 0.6 is 0 Å². The SMILES string of the molecule is COCCN(C(C)COC)S(=O)(=O)C1CCNC1. The summed E-state index contributed by atoms with van der Waals surface area (Å²) < 4.78 is 36.6. The van der Waals surface area contributed by atoms with E-state index in [1.807, 2.05) is 6.92 Å². The number of ether oxygens (including phenoxy) is 2. The molecule has 1 rings (SSSR count). The lowest BCUT2D eigenvalue weighted by atomic mass is 10.3. The molecular formula is C11H24N2O4S. The van der Waals surface area contributed by atoms with Crippen LogP contribution < -0.4 is 5.32 Å². The number of nitrogens with zero attached hydrogens (tertiary/aromatic N) is 1. The highest BCUT2D eigenvalue weighted by molar-refractivity contribution is 7.89. The average Bonchev–Trinajstić information content (AvgIpc) is 2.83. The van der Waals surface area contributed by atoms with Crippen molar-refractivity contribution >= 4 is 10.0 Å². The van der Waals surface area contributed by atoms with Crippen molar-refractivity contribution in [1.29, 1.82) is 0 Å². The summed E-state index contributed by atoms with van der Waals surface area (Å²) in [5, 5.41) is 2.77. The molecule has 1 fully saturated rings. The van der Waals surface area contributed by atoms with E-state index in [1.54, 1.807) is 14.2 Å². The molecule has 1 aliphatic heterocycles. The van der Waals surface area contributed by atoms with Crippen LogP contribution in [0.4, 0.5) is 0 Å². The lowest BCUT2D eigenvalue weighted by Crippen LogP contribution is -2.47. The van der Waals surface area contributed by atoms with E-state index < -0.39 is 10.0 Å². The molecule has 0 amide bonds. The maximum atomic E-state index is 12.5. The van der Waals surface area contributed by atoms with Gasteiger partial charge in [-0.2, -0.15) is 4.31 Å². The molecule has 0 radical (unpaired) electrons. The van der Waals surface area contributed by atoms with Crippen molar-refractivity contribution in [3.63, 3.8) is 0 Å². The molecule has 0 aliphatic carbocycles. The van der Waals surface area contributed by atoms with E-state index in [4.69, 9.17) is 9.47 Å². The van der Waals surface area contributed by atoms with Crippen LogP contribution in [0.1, 0.15) is 13.3 Å². The van der Waals surface area contributed by atoms with Crippen molar-refractivity contribution in [2.75, 3.05) is 47.1 Å². The molecular weight excluding hydrogens is 256 g/mol. The van der Waals surface area contributed by atoms with Crippen molar-refractivity contribution in [1.82, 2.24) is 9.62 Å². The minimum atomic E-state index is -3.28. The molecule has 6 nitrogen and oxygen atoms in total. The summed E-state index contributed by atoms with van der Waals surface area (Å²) in [5.74, 6) is 0. The first-order valence-corrected chi connectivity index (χ1v) is 7.73. The van der Waals surface area contributed by atoms with Crippen LogP contribution in [0.15, 0.2) is 0 Å². The quantitative estimate of drug-likeness (QED) is 0.659. The third kappa shape index (κ3) is 3.89. The Morgan fingerprint density at radius 1 is 1.39 bits per heavy atom. The van der Waals surface area contributed by atoms with Gasteiger partial charge < -0.3 is 14.8 Å². The van der Waals surface area contributed by atoms with Crippen LogP contribution in [-0.2, 0) is 19.5 Å². The van der Waals surface area contributed by atoms with Gasteiger partial charge in [0.25, 0.3) is 0 Å². The number of rotatable bonds is 8. The van der Waals surface area contributed by atoms with Gasteiger partial charge >= 0.3 is 0 Å². The molecule has 7 heteroatoms. The standard InChI is InChI=1S/C11H24N2O4S/c1-10(9-17-3)13(6-7-16-2)18(14,15)11-4-5-12-8-11/h10-12H,4-9H2,1-3H3. The Labute approximate surface area is 110 Å². The van der Waals surface area contributed by atoms with E-state index in [0.717, 1.165) is 6.54 Å². The third-order valence-corrected chi connectivity index (χ3v) is 5.62. The summed E-state index contributed by atoms with van der Waals surface area (Å²) in [6, 6.07) is -0.171. The highest BCUT2D eigenvalue weighted by Crippen LogP contribution is 2.18. The van der Waals surface area contributed by atoms with Gasteiger partial charge in [0.1, 0.15) is 0 Å². The Kier molecular flexibility index (Phi) is 6.51. The Bertz CT molecular complexity index is 328. The van der Waals surface area contributed by atoms with Gasteiger partial charge in [0.2, 0.25) is 10.0 Å². The van der Waals surface area contributed by atoms with E-state index in [0.29, 0.717) is 32.7 Å². The van der Waals surface area contributed by atoms with Crippen molar-refractivity contribution in [3.05, 3.63) is 0 Å². The largest absolute Gasteiger partial charge is 0.383 e. The van der Waals surface area contributed by atoms with Gasteiger partial charge in [-0.3, -0.25) is 0 Å². The normalized spacial score (nSPS) is 22.6. The summed E-state index contributed by atoms with van der Waals surface area (Å²) in [6.07, 6.45) is 0.672.